The molecule has 2 heterocycles. The zero-order valence-electron chi connectivity index (χ0n) is 14.2. The summed E-state index contributed by atoms with van der Waals surface area (Å²) in [6.07, 6.45) is 0.00997. The normalized spacial score (nSPS) is 21.0. The van der Waals surface area contributed by atoms with Crippen LogP contribution in [0.4, 0.5) is 4.79 Å². The van der Waals surface area contributed by atoms with Crippen LogP contribution in [0.15, 0.2) is 24.3 Å². The van der Waals surface area contributed by atoms with E-state index in [1.54, 1.807) is 12.0 Å². The van der Waals surface area contributed by atoms with Crippen LogP contribution in [0.25, 0.3) is 0 Å². The predicted molar refractivity (Wildman–Crippen MR) is 89.9 cm³/mol. The van der Waals surface area contributed by atoms with E-state index in [4.69, 9.17) is 4.74 Å². The highest BCUT2D eigenvalue weighted by Crippen LogP contribution is 2.14. The van der Waals surface area contributed by atoms with Crippen LogP contribution >= 0.6 is 0 Å². The van der Waals surface area contributed by atoms with Crippen LogP contribution in [0.1, 0.15) is 12.0 Å². The Morgan fingerprint density at radius 2 is 1.84 bits per heavy atom. The number of urea groups is 1. The molecule has 3 rings (SSSR count). The number of carbonyl (C=O) groups is 3. The fourth-order valence-corrected chi connectivity index (χ4v) is 3.05. The summed E-state index contributed by atoms with van der Waals surface area (Å²) < 4.78 is 5.16. The summed E-state index contributed by atoms with van der Waals surface area (Å²) in [5.41, 5.74) is 1.20. The number of hydrogen-bond donors (Lipinski definition) is 2. The average Bonchev–Trinajstić information content (AvgIpc) is 2.93. The third-order valence-electron chi connectivity index (χ3n) is 4.53. The van der Waals surface area contributed by atoms with Crippen molar-refractivity contribution in [2.45, 2.75) is 19.0 Å². The molecule has 0 bridgehead atoms. The van der Waals surface area contributed by atoms with Gasteiger partial charge in [0.25, 0.3) is 5.91 Å². The average molecular weight is 346 g/mol. The number of nitrogens with one attached hydrogen (secondary N) is 2. The van der Waals surface area contributed by atoms with Gasteiger partial charge in [-0.3, -0.25) is 19.8 Å². The molecular formula is C17H22N4O4. The second kappa shape index (κ2) is 7.52. The Kier molecular flexibility index (Phi) is 5.18. The maximum absolute atomic E-state index is 12.3. The van der Waals surface area contributed by atoms with Gasteiger partial charge in [0.05, 0.1) is 13.5 Å². The number of ether oxygens (including phenoxy) is 1. The maximum Gasteiger partial charge on any atom is 0.322 e. The molecule has 1 aromatic carbocycles. The van der Waals surface area contributed by atoms with Crippen LogP contribution in [-0.2, 0) is 16.1 Å². The van der Waals surface area contributed by atoms with Gasteiger partial charge in [-0.25, -0.2) is 4.79 Å². The SMILES string of the molecule is COc1ccc(CN2CCN(C(=O)C[C@@H]3NC(=O)NC3=O)CC2)cc1. The van der Waals surface area contributed by atoms with Crippen LogP contribution in [-0.4, -0.2) is 67.0 Å². The van der Waals surface area contributed by atoms with Gasteiger partial charge in [-0.05, 0) is 17.7 Å². The molecule has 8 nitrogen and oxygen atoms in total. The molecule has 1 atom stereocenters. The summed E-state index contributed by atoms with van der Waals surface area (Å²) in [4.78, 5) is 39.0. The first-order chi connectivity index (χ1) is 12.0. The molecule has 2 fully saturated rings. The van der Waals surface area contributed by atoms with Crippen molar-refractivity contribution < 1.29 is 19.1 Å². The lowest BCUT2D eigenvalue weighted by atomic mass is 10.1. The number of carbonyl (C=O) groups excluding carboxylic acids is 3. The zero-order valence-corrected chi connectivity index (χ0v) is 14.2. The fraction of sp³-hybridized carbons (Fsp3) is 0.471. The largest absolute Gasteiger partial charge is 0.497 e. The summed E-state index contributed by atoms with van der Waals surface area (Å²) in [5.74, 6) is 0.296. The first-order valence-electron chi connectivity index (χ1n) is 8.29. The Hall–Kier alpha value is -2.61. The summed E-state index contributed by atoms with van der Waals surface area (Å²) in [5, 5.41) is 4.60. The minimum atomic E-state index is -0.752. The van der Waals surface area contributed by atoms with E-state index in [2.05, 4.69) is 15.5 Å². The number of imide groups is 1. The van der Waals surface area contributed by atoms with Crippen LogP contribution in [0.2, 0.25) is 0 Å². The minimum absolute atomic E-state index is 0.00997. The Labute approximate surface area is 146 Å². The molecule has 0 spiro atoms. The van der Waals surface area contributed by atoms with Crippen molar-refractivity contribution in [3.05, 3.63) is 29.8 Å². The van der Waals surface area contributed by atoms with Gasteiger partial charge in [0.2, 0.25) is 5.91 Å². The van der Waals surface area contributed by atoms with Crippen molar-refractivity contribution in [2.24, 2.45) is 0 Å². The van der Waals surface area contributed by atoms with E-state index < -0.39 is 18.0 Å². The molecule has 0 aliphatic carbocycles. The van der Waals surface area contributed by atoms with Gasteiger partial charge in [-0.15, -0.1) is 0 Å². The molecule has 8 heteroatoms. The maximum atomic E-state index is 12.3. The topological polar surface area (TPSA) is 91.0 Å². The molecule has 2 aliphatic heterocycles. The molecule has 2 saturated heterocycles. The smallest absolute Gasteiger partial charge is 0.322 e. The Balaban J connectivity index is 1.45. The first kappa shape index (κ1) is 17.2. The van der Waals surface area contributed by atoms with E-state index in [9.17, 15) is 14.4 Å². The Morgan fingerprint density at radius 1 is 1.16 bits per heavy atom. The quantitative estimate of drug-likeness (QED) is 0.729. The lowest BCUT2D eigenvalue weighted by Crippen LogP contribution is -2.49. The van der Waals surface area contributed by atoms with E-state index in [0.717, 1.165) is 25.4 Å². The van der Waals surface area contributed by atoms with E-state index in [1.807, 2.05) is 24.3 Å². The molecule has 2 aliphatic rings. The molecule has 4 amide bonds. The fourth-order valence-electron chi connectivity index (χ4n) is 3.05. The molecule has 2 N–H and O–H groups in total. The summed E-state index contributed by atoms with van der Waals surface area (Å²) in [6, 6.07) is 6.67. The highest BCUT2D eigenvalue weighted by molar-refractivity contribution is 6.05. The van der Waals surface area contributed by atoms with E-state index in [1.165, 1.54) is 5.56 Å². The molecular weight excluding hydrogens is 324 g/mol. The Morgan fingerprint density at radius 3 is 2.40 bits per heavy atom. The molecule has 1 aromatic rings. The molecule has 0 saturated carbocycles. The number of piperazine rings is 1. The first-order valence-corrected chi connectivity index (χ1v) is 8.29. The Bertz CT molecular complexity index is 653. The van der Waals surface area contributed by atoms with Crippen LogP contribution in [0, 0.1) is 0 Å². The van der Waals surface area contributed by atoms with Gasteiger partial charge in [-0.1, -0.05) is 12.1 Å². The third-order valence-corrected chi connectivity index (χ3v) is 4.53. The zero-order chi connectivity index (χ0) is 17.8. The number of amides is 4. The van der Waals surface area contributed by atoms with E-state index >= 15 is 0 Å². The lowest BCUT2D eigenvalue weighted by molar-refractivity contribution is -0.135. The van der Waals surface area contributed by atoms with Gasteiger partial charge < -0.3 is 15.0 Å². The van der Waals surface area contributed by atoms with Gasteiger partial charge in [0, 0.05) is 32.7 Å². The van der Waals surface area contributed by atoms with Crippen molar-refractivity contribution >= 4 is 17.8 Å². The molecule has 0 radical (unpaired) electrons. The van der Waals surface area contributed by atoms with E-state index in [0.29, 0.717) is 13.1 Å². The van der Waals surface area contributed by atoms with Crippen molar-refractivity contribution in [1.82, 2.24) is 20.4 Å². The highest BCUT2D eigenvalue weighted by Gasteiger charge is 2.33. The summed E-state index contributed by atoms with van der Waals surface area (Å²) >= 11 is 0. The van der Waals surface area contributed by atoms with Gasteiger partial charge in [0.1, 0.15) is 11.8 Å². The van der Waals surface area contributed by atoms with Gasteiger partial charge in [-0.2, -0.15) is 0 Å². The predicted octanol–water partition coefficient (Wildman–Crippen LogP) is -0.0625. The number of rotatable bonds is 5. The van der Waals surface area contributed by atoms with Crippen molar-refractivity contribution in [3.8, 4) is 5.75 Å². The lowest BCUT2D eigenvalue weighted by Gasteiger charge is -2.35. The highest BCUT2D eigenvalue weighted by atomic mass is 16.5. The van der Waals surface area contributed by atoms with Crippen molar-refractivity contribution in [1.29, 1.82) is 0 Å². The number of nitrogens with zero attached hydrogens (tertiary/aromatic N) is 2. The van der Waals surface area contributed by atoms with Crippen LogP contribution in [0.3, 0.4) is 0 Å². The number of methoxy groups -OCH3 is 1. The number of benzene rings is 1. The second-order valence-electron chi connectivity index (χ2n) is 6.22. The minimum Gasteiger partial charge on any atom is -0.497 e. The third kappa shape index (κ3) is 4.27. The second-order valence-corrected chi connectivity index (χ2v) is 6.22. The molecule has 0 unspecified atom stereocenters. The number of hydrogen-bond acceptors (Lipinski definition) is 5. The van der Waals surface area contributed by atoms with Crippen molar-refractivity contribution in [2.75, 3.05) is 33.3 Å². The summed E-state index contributed by atoms with van der Waals surface area (Å²) in [7, 11) is 1.64. The molecule has 25 heavy (non-hydrogen) atoms. The van der Waals surface area contributed by atoms with Crippen LogP contribution in [0.5, 0.6) is 5.75 Å². The van der Waals surface area contributed by atoms with Gasteiger partial charge in [0.15, 0.2) is 0 Å². The molecule has 134 valence electrons. The van der Waals surface area contributed by atoms with Crippen LogP contribution < -0.4 is 15.4 Å². The monoisotopic (exact) mass is 346 g/mol. The standard InChI is InChI=1S/C17H22N4O4/c1-25-13-4-2-12(3-5-13)11-20-6-8-21(9-7-20)15(22)10-14-16(23)19-17(24)18-14/h2-5,14H,6-11H2,1H3,(H2,18,19,23,24)/t14-/m0/s1. The van der Waals surface area contributed by atoms with Gasteiger partial charge >= 0.3 is 6.03 Å². The summed E-state index contributed by atoms with van der Waals surface area (Å²) in [6.45, 7) is 3.63. The van der Waals surface area contributed by atoms with Crippen molar-refractivity contribution in [3.63, 3.8) is 0 Å². The van der Waals surface area contributed by atoms with E-state index in [-0.39, 0.29) is 12.3 Å². The molecule has 0 aromatic heterocycles.